The van der Waals surface area contributed by atoms with E-state index in [1.165, 1.54) is 11.8 Å². The zero-order chi connectivity index (χ0) is 50.0. The summed E-state index contributed by atoms with van der Waals surface area (Å²) < 4.78 is 27.3. The van der Waals surface area contributed by atoms with Crippen molar-refractivity contribution in [2.24, 2.45) is 5.73 Å². The molecule has 6 N–H and O–H groups in total. The van der Waals surface area contributed by atoms with E-state index in [0.717, 1.165) is 69.7 Å². The number of hydrogen-bond acceptors (Lipinski definition) is 14. The highest BCUT2D eigenvalue weighted by Gasteiger charge is 2.42. The molecule has 1 unspecified atom stereocenters. The molecule has 4 saturated heterocycles. The molecule has 0 radical (unpaired) electrons. The monoisotopic (exact) mass is 999 g/mol. The maximum atomic E-state index is 13.0. The van der Waals surface area contributed by atoms with Gasteiger partial charge in [-0.3, -0.25) is 29.1 Å². The zero-order valence-corrected chi connectivity index (χ0v) is 41.3. The summed E-state index contributed by atoms with van der Waals surface area (Å²) >= 11 is 1.86. The third kappa shape index (κ3) is 19.4. The van der Waals surface area contributed by atoms with E-state index >= 15 is 0 Å². The smallest absolute Gasteiger partial charge is 0.315 e. The van der Waals surface area contributed by atoms with Crippen molar-refractivity contribution >= 4 is 41.4 Å². The molecule has 0 saturated carbocycles. The van der Waals surface area contributed by atoms with Crippen LogP contribution in [0.1, 0.15) is 83.3 Å². The van der Waals surface area contributed by atoms with E-state index in [1.807, 2.05) is 66.4 Å². The van der Waals surface area contributed by atoms with Gasteiger partial charge in [-0.15, -0.1) is 0 Å². The summed E-state index contributed by atoms with van der Waals surface area (Å²) in [6.07, 6.45) is 7.29. The van der Waals surface area contributed by atoms with Gasteiger partial charge < -0.3 is 55.6 Å². The SMILES string of the molecule is N#Cc1ccc(CN2CCC(NC(=O)c3ccc(C(=O)N4CCC(Oc5ccccc5)CC4)nc3)CC2)cc1.NC(=O)CCOCCOCCOCCOCCNC(=O)CCCC1SC[C@@H]2NC(=O)N[C@H]12. The maximum Gasteiger partial charge on any atom is 0.315 e. The number of nitrogens with one attached hydrogen (secondary N) is 4. The molecule has 1 aromatic heterocycles. The molecule has 20 heteroatoms. The molecule has 4 aliphatic rings. The van der Waals surface area contributed by atoms with E-state index in [-0.39, 0.29) is 60.3 Å². The van der Waals surface area contributed by atoms with Crippen LogP contribution >= 0.6 is 11.8 Å². The number of hydrogen-bond donors (Lipinski definition) is 5. The number of carbonyl (C=O) groups is 5. The number of pyridine rings is 1. The lowest BCUT2D eigenvalue weighted by atomic mass is 10.0. The summed E-state index contributed by atoms with van der Waals surface area (Å²) in [6, 6.07) is 23.3. The summed E-state index contributed by atoms with van der Waals surface area (Å²) in [4.78, 5) is 68.1. The molecule has 71 heavy (non-hydrogen) atoms. The van der Waals surface area contributed by atoms with Crippen LogP contribution in [0.15, 0.2) is 72.9 Å². The number of urea groups is 1. The Bertz CT molecular complexity index is 2150. The topological polar surface area (TPSA) is 249 Å². The Balaban J connectivity index is 0.000000238. The lowest BCUT2D eigenvalue weighted by Gasteiger charge is -2.32. The Morgan fingerprint density at radius 2 is 1.48 bits per heavy atom. The average Bonchev–Trinajstić information content (AvgIpc) is 3.95. The molecule has 4 fully saturated rings. The number of carbonyl (C=O) groups excluding carboxylic acids is 5. The first kappa shape index (κ1) is 54.5. The summed E-state index contributed by atoms with van der Waals surface area (Å²) in [5.41, 5.74) is 7.66. The molecule has 4 aliphatic heterocycles. The van der Waals surface area contributed by atoms with Crippen LogP contribution in [0.4, 0.5) is 4.79 Å². The Morgan fingerprint density at radius 3 is 2.13 bits per heavy atom. The van der Waals surface area contributed by atoms with E-state index in [1.54, 1.807) is 17.0 Å². The summed E-state index contributed by atoms with van der Waals surface area (Å²) in [5, 5.41) is 21.2. The molecule has 0 spiro atoms. The summed E-state index contributed by atoms with van der Waals surface area (Å²) in [7, 11) is 0. The van der Waals surface area contributed by atoms with Crippen LogP contribution in [-0.2, 0) is 35.1 Å². The van der Waals surface area contributed by atoms with Gasteiger partial charge in [0.1, 0.15) is 17.5 Å². The number of nitrogens with two attached hydrogens (primary N) is 1. The van der Waals surface area contributed by atoms with Crippen LogP contribution < -0.4 is 31.7 Å². The quantitative estimate of drug-likeness (QED) is 0.0572. The van der Waals surface area contributed by atoms with Crippen molar-refractivity contribution in [2.75, 3.05) is 91.3 Å². The van der Waals surface area contributed by atoms with E-state index in [9.17, 15) is 24.0 Å². The Kier molecular flexibility index (Phi) is 23.1. The fourth-order valence-corrected chi connectivity index (χ4v) is 10.1. The number of aromatic nitrogens is 1. The van der Waals surface area contributed by atoms with Gasteiger partial charge in [-0.1, -0.05) is 30.3 Å². The third-order valence-corrected chi connectivity index (χ3v) is 13.9. The van der Waals surface area contributed by atoms with E-state index in [4.69, 9.17) is 34.7 Å². The highest BCUT2D eigenvalue weighted by molar-refractivity contribution is 8.00. The molecule has 7 rings (SSSR count). The number of fused-ring (bicyclic) bond motifs is 1. The van der Waals surface area contributed by atoms with E-state index < -0.39 is 0 Å². The standard InChI is InChI=1S/C31H33N5O3.C20H36N4O7S/c32-20-23-6-8-24(9-7-23)22-35-16-12-26(13-17-35)34-30(37)25-10-11-29(33-21-25)31(38)36-18-14-28(15-19-36)39-27-4-2-1-3-5-27;21-17(25)4-6-28-8-10-30-12-13-31-11-9-29-7-5-22-18(26)3-1-2-16-19-15(14-32-16)23-20(27)24-19/h1-11,21,26,28H,12-19,22H2,(H,34,37);15-16,19H,1-14H2,(H2,21,25)(H,22,26)(H2,23,24,27)/t;15-,16?,19-/m.0/s1. The molecule has 3 aromatic rings. The second-order valence-electron chi connectivity index (χ2n) is 17.7. The van der Waals surface area contributed by atoms with Crippen molar-refractivity contribution in [1.29, 1.82) is 5.26 Å². The summed E-state index contributed by atoms with van der Waals surface area (Å²) in [6.45, 7) is 7.75. The van der Waals surface area contributed by atoms with Crippen molar-refractivity contribution in [3.8, 4) is 11.8 Å². The van der Waals surface area contributed by atoms with Gasteiger partial charge in [0, 0.05) is 88.2 Å². The van der Waals surface area contributed by atoms with Crippen molar-refractivity contribution < 1.29 is 47.7 Å². The molecule has 2 aromatic carbocycles. The minimum Gasteiger partial charge on any atom is -0.490 e. The number of primary amides is 1. The molecule has 19 nitrogen and oxygen atoms in total. The zero-order valence-electron chi connectivity index (χ0n) is 40.4. The number of benzene rings is 2. The summed E-state index contributed by atoms with van der Waals surface area (Å²) in [5.74, 6) is 1.15. The van der Waals surface area contributed by atoms with Gasteiger partial charge in [0.05, 0.1) is 82.1 Å². The lowest BCUT2D eigenvalue weighted by Crippen LogP contribution is -2.44. The first-order chi connectivity index (χ1) is 34.6. The Hall–Kier alpha value is -5.82. The van der Waals surface area contributed by atoms with Crippen LogP contribution in [0.5, 0.6) is 5.75 Å². The second-order valence-corrected chi connectivity index (χ2v) is 19.0. The average molecular weight is 1000 g/mol. The number of nitriles is 1. The molecule has 0 aliphatic carbocycles. The lowest BCUT2D eigenvalue weighted by molar-refractivity contribution is -0.121. The van der Waals surface area contributed by atoms with Gasteiger partial charge >= 0.3 is 6.03 Å². The first-order valence-electron chi connectivity index (χ1n) is 24.7. The molecule has 0 bridgehead atoms. The number of rotatable bonds is 26. The van der Waals surface area contributed by atoms with Crippen molar-refractivity contribution in [2.45, 2.75) is 87.4 Å². The van der Waals surface area contributed by atoms with Gasteiger partial charge in [-0.05, 0) is 67.6 Å². The number of nitrogens with zero attached hydrogens (tertiary/aromatic N) is 4. The van der Waals surface area contributed by atoms with Gasteiger partial charge in [-0.25, -0.2) is 4.79 Å². The number of likely N-dealkylation sites (tertiary alicyclic amines) is 2. The molecular formula is C51H69N9O10S. The van der Waals surface area contributed by atoms with Gasteiger partial charge in [0.25, 0.3) is 11.8 Å². The molecule has 6 amide bonds. The fourth-order valence-electron chi connectivity index (χ4n) is 8.52. The normalized spacial score (nSPS) is 19.1. The Labute approximate surface area is 420 Å². The number of para-hydroxylation sites is 1. The minimum absolute atomic E-state index is 0.0220. The predicted octanol–water partition coefficient (Wildman–Crippen LogP) is 3.41. The fraction of sp³-hybridized carbons (Fsp3) is 0.549. The highest BCUT2D eigenvalue weighted by Crippen LogP contribution is 2.33. The van der Waals surface area contributed by atoms with Crippen molar-refractivity contribution in [3.63, 3.8) is 0 Å². The number of thioether (sulfide) groups is 1. The van der Waals surface area contributed by atoms with Crippen LogP contribution in [0.25, 0.3) is 0 Å². The third-order valence-electron chi connectivity index (χ3n) is 12.4. The van der Waals surface area contributed by atoms with E-state index in [2.05, 4.69) is 37.2 Å². The largest absolute Gasteiger partial charge is 0.490 e. The first-order valence-corrected chi connectivity index (χ1v) is 25.7. The van der Waals surface area contributed by atoms with Crippen molar-refractivity contribution in [1.82, 2.24) is 36.1 Å². The number of ether oxygens (including phenoxy) is 5. The maximum absolute atomic E-state index is 13.0. The minimum atomic E-state index is -0.379. The Morgan fingerprint density at radius 1 is 0.803 bits per heavy atom. The van der Waals surface area contributed by atoms with Crippen LogP contribution in [0.3, 0.4) is 0 Å². The van der Waals surface area contributed by atoms with Crippen LogP contribution in [0, 0.1) is 11.3 Å². The van der Waals surface area contributed by atoms with Gasteiger partial charge in [0.2, 0.25) is 11.8 Å². The molecule has 5 heterocycles. The van der Waals surface area contributed by atoms with Crippen molar-refractivity contribution in [3.05, 3.63) is 95.3 Å². The molecular weight excluding hydrogens is 931 g/mol. The number of amides is 6. The molecule has 3 atom stereocenters. The van der Waals surface area contributed by atoms with Gasteiger partial charge in [-0.2, -0.15) is 17.0 Å². The molecule has 384 valence electrons. The van der Waals surface area contributed by atoms with Crippen LogP contribution in [0.2, 0.25) is 0 Å². The predicted molar refractivity (Wildman–Crippen MR) is 267 cm³/mol. The van der Waals surface area contributed by atoms with E-state index in [0.29, 0.717) is 101 Å². The highest BCUT2D eigenvalue weighted by atomic mass is 32.2. The van der Waals surface area contributed by atoms with Gasteiger partial charge in [0.15, 0.2) is 0 Å². The van der Waals surface area contributed by atoms with Crippen LogP contribution in [-0.4, -0.2) is 165 Å². The second kappa shape index (κ2) is 30.1. The number of piperidine rings is 2.